The molecule has 3 atom stereocenters. The number of amides is 3. The number of amidine groups is 1. The fourth-order valence-electron chi connectivity index (χ4n) is 4.80. The van der Waals surface area contributed by atoms with Gasteiger partial charge >= 0.3 is 24.2 Å². The third-order valence-corrected chi connectivity index (χ3v) is 6.86. The number of methoxy groups -OCH3 is 1. The first kappa shape index (κ1) is 36.4. The molecule has 1 aromatic carbocycles. The molecule has 3 amide bonds. The number of hydrogen-bond donors (Lipinski definition) is 4. The second-order valence-corrected chi connectivity index (χ2v) is 13.1. The van der Waals surface area contributed by atoms with E-state index in [-0.39, 0.29) is 25.4 Å². The number of esters is 1. The van der Waals surface area contributed by atoms with E-state index in [0.29, 0.717) is 12.3 Å². The van der Waals surface area contributed by atoms with Crippen LogP contribution >= 0.6 is 0 Å². The number of benzene rings is 1. The van der Waals surface area contributed by atoms with Crippen LogP contribution in [0.3, 0.4) is 0 Å². The fraction of sp³-hybridized carbons (Fsp3) is 0.645. The number of nitrogens with one attached hydrogen (secondary N) is 4. The number of hydrogen-bond acceptors (Lipinski definition) is 12. The van der Waals surface area contributed by atoms with Gasteiger partial charge in [0.05, 0.1) is 13.7 Å². The van der Waals surface area contributed by atoms with E-state index in [1.807, 2.05) is 0 Å². The molecule has 256 valence electrons. The van der Waals surface area contributed by atoms with Crippen LogP contribution in [0, 0.1) is 5.41 Å². The third kappa shape index (κ3) is 12.0. The molecule has 2 fully saturated rings. The molecule has 2 aliphatic heterocycles. The normalized spacial score (nSPS) is 18.5. The first-order chi connectivity index (χ1) is 21.5. The number of piperazine rings is 1. The zero-order valence-electron chi connectivity index (χ0n) is 27.8. The average molecular weight is 649 g/mol. The Morgan fingerprint density at radius 3 is 2.22 bits per heavy atom. The number of rotatable bonds is 11. The van der Waals surface area contributed by atoms with Gasteiger partial charge in [-0.15, -0.1) is 0 Å². The molecule has 2 heterocycles. The molecule has 3 rings (SSSR count). The van der Waals surface area contributed by atoms with Gasteiger partial charge in [-0.3, -0.25) is 20.5 Å². The maximum absolute atomic E-state index is 13.0. The predicted octanol–water partition coefficient (Wildman–Crippen LogP) is 2.27. The minimum absolute atomic E-state index is 0.0553. The van der Waals surface area contributed by atoms with Crippen molar-refractivity contribution in [3.05, 3.63) is 29.8 Å². The molecule has 15 heteroatoms. The van der Waals surface area contributed by atoms with Crippen LogP contribution in [0.15, 0.2) is 24.3 Å². The van der Waals surface area contributed by atoms with Gasteiger partial charge in [0.25, 0.3) is 0 Å². The van der Waals surface area contributed by atoms with Crippen LogP contribution in [0.1, 0.15) is 47.1 Å². The second-order valence-electron chi connectivity index (χ2n) is 13.1. The zero-order valence-corrected chi connectivity index (χ0v) is 27.8. The third-order valence-electron chi connectivity index (χ3n) is 6.86. The molecule has 4 N–H and O–H groups in total. The van der Waals surface area contributed by atoms with Crippen molar-refractivity contribution >= 4 is 30.1 Å². The Kier molecular flexibility index (Phi) is 12.6. The van der Waals surface area contributed by atoms with Gasteiger partial charge in [0.15, 0.2) is 6.10 Å². The van der Waals surface area contributed by atoms with Gasteiger partial charge in [-0.05, 0) is 59.2 Å². The van der Waals surface area contributed by atoms with E-state index in [1.54, 1.807) is 65.8 Å². The van der Waals surface area contributed by atoms with Gasteiger partial charge in [-0.2, -0.15) is 0 Å². The summed E-state index contributed by atoms with van der Waals surface area (Å²) in [6, 6.07) is 5.20. The molecule has 0 saturated carbocycles. The van der Waals surface area contributed by atoms with E-state index in [0.717, 1.165) is 31.7 Å². The van der Waals surface area contributed by atoms with Crippen LogP contribution in [0.5, 0.6) is 5.75 Å². The van der Waals surface area contributed by atoms with Crippen molar-refractivity contribution in [2.75, 3.05) is 53.0 Å². The van der Waals surface area contributed by atoms with E-state index in [4.69, 9.17) is 29.1 Å². The molecule has 2 aliphatic rings. The van der Waals surface area contributed by atoms with Crippen molar-refractivity contribution in [2.45, 2.75) is 77.4 Å². The number of nitrogens with zero attached hydrogens (tertiary/aromatic N) is 2. The lowest BCUT2D eigenvalue weighted by atomic mass is 10.1. The molecule has 2 saturated heterocycles. The highest BCUT2D eigenvalue weighted by Crippen LogP contribution is 2.20. The number of cyclic esters (lactones) is 1. The summed E-state index contributed by atoms with van der Waals surface area (Å²) in [6.07, 6.45) is -2.55. The fourth-order valence-corrected chi connectivity index (χ4v) is 4.80. The Bertz CT molecular complexity index is 1220. The van der Waals surface area contributed by atoms with E-state index in [9.17, 15) is 19.2 Å². The Morgan fingerprint density at radius 2 is 1.63 bits per heavy atom. The molecule has 0 aromatic heterocycles. The summed E-state index contributed by atoms with van der Waals surface area (Å²) in [6.45, 7) is 14.0. The van der Waals surface area contributed by atoms with Gasteiger partial charge in [0.2, 0.25) is 0 Å². The summed E-state index contributed by atoms with van der Waals surface area (Å²) in [5, 5.41) is 17.0. The molecule has 0 aliphatic carbocycles. The van der Waals surface area contributed by atoms with Crippen molar-refractivity contribution in [2.24, 2.45) is 0 Å². The van der Waals surface area contributed by atoms with Gasteiger partial charge in [-0.1, -0.05) is 12.1 Å². The lowest BCUT2D eigenvalue weighted by Crippen LogP contribution is -2.56. The summed E-state index contributed by atoms with van der Waals surface area (Å²) >= 11 is 0. The first-order valence-electron chi connectivity index (χ1n) is 15.3. The van der Waals surface area contributed by atoms with Gasteiger partial charge < -0.3 is 34.3 Å². The topological polar surface area (TPSA) is 181 Å². The quantitative estimate of drug-likeness (QED) is 0.120. The smallest absolute Gasteiger partial charge is 0.413 e. The van der Waals surface area contributed by atoms with Crippen LogP contribution in [0.4, 0.5) is 14.4 Å². The Hall–Kier alpha value is -4.11. The van der Waals surface area contributed by atoms with Crippen LogP contribution in [-0.2, 0) is 30.2 Å². The van der Waals surface area contributed by atoms with Gasteiger partial charge in [0, 0.05) is 39.1 Å². The monoisotopic (exact) mass is 648 g/mol. The predicted molar refractivity (Wildman–Crippen MR) is 168 cm³/mol. The molecule has 0 spiro atoms. The van der Waals surface area contributed by atoms with Crippen molar-refractivity contribution in [3.8, 4) is 5.75 Å². The van der Waals surface area contributed by atoms with Crippen molar-refractivity contribution in [3.63, 3.8) is 0 Å². The van der Waals surface area contributed by atoms with Gasteiger partial charge in [0.1, 0.15) is 41.5 Å². The van der Waals surface area contributed by atoms with E-state index in [2.05, 4.69) is 20.9 Å². The molecule has 1 aromatic rings. The minimum atomic E-state index is -0.951. The molecule has 0 radical (unpaired) electrons. The highest BCUT2D eigenvalue weighted by atomic mass is 16.6. The summed E-state index contributed by atoms with van der Waals surface area (Å²) < 4.78 is 26.9. The Balaban J connectivity index is 1.60. The number of carbonyl (C=O) groups is 4. The lowest BCUT2D eigenvalue weighted by molar-refractivity contribution is -0.143. The Morgan fingerprint density at radius 1 is 1.02 bits per heavy atom. The molecular formula is C31H48N6O9. The summed E-state index contributed by atoms with van der Waals surface area (Å²) in [5.74, 6) is -0.263. The molecule has 46 heavy (non-hydrogen) atoms. The number of alkyl carbamates (subject to hydrolysis) is 2. The molecule has 15 nitrogen and oxygen atoms in total. The van der Waals surface area contributed by atoms with Crippen LogP contribution in [0.2, 0.25) is 0 Å². The highest BCUT2D eigenvalue weighted by molar-refractivity contribution is 5.98. The summed E-state index contributed by atoms with van der Waals surface area (Å²) in [5.41, 5.74) is -0.728. The van der Waals surface area contributed by atoms with Gasteiger partial charge in [-0.25, -0.2) is 19.2 Å². The number of ether oxygens (including phenoxy) is 5. The van der Waals surface area contributed by atoms with E-state index >= 15 is 0 Å². The maximum atomic E-state index is 13.0. The van der Waals surface area contributed by atoms with E-state index < -0.39 is 53.6 Å². The maximum Gasteiger partial charge on any atom is 0.413 e. The van der Waals surface area contributed by atoms with Crippen molar-refractivity contribution < 1.29 is 42.9 Å². The highest BCUT2D eigenvalue weighted by Gasteiger charge is 2.40. The average Bonchev–Trinajstić information content (AvgIpc) is 3.32. The molecular weight excluding hydrogens is 600 g/mol. The molecule has 3 unspecified atom stereocenters. The summed E-state index contributed by atoms with van der Waals surface area (Å²) in [4.78, 5) is 53.5. The lowest BCUT2D eigenvalue weighted by Gasteiger charge is -2.34. The minimum Gasteiger partial charge on any atom is -0.490 e. The van der Waals surface area contributed by atoms with Crippen LogP contribution in [-0.4, -0.2) is 122 Å². The Labute approximate surface area is 270 Å². The molecule has 0 bridgehead atoms. The summed E-state index contributed by atoms with van der Waals surface area (Å²) in [7, 11) is 1.24. The SMILES string of the molecule is COC(=O)C(Cc1ccc(OCC2CN(C(CN3CCNCC3)C(=N)NC(=O)OC(C)(C)C)C(=O)O2)cc1)NC(=O)OC(C)(C)C. The largest absolute Gasteiger partial charge is 0.490 e. The number of carbonyl (C=O) groups excluding carboxylic acids is 4. The zero-order chi connectivity index (χ0) is 34.1. The standard InChI is InChI=1S/C31H48N6O9/c1-30(2,3)45-27(39)34-23(26(38)42-7)16-20-8-10-21(11-9-20)43-19-22-17-37(29(41)44-22)24(18-36-14-12-33-13-15-36)25(32)35-28(40)46-31(4,5)6/h8-11,22-24,33H,12-19H2,1-7H3,(H,34,39)(H2,32,35,40). The first-order valence-corrected chi connectivity index (χ1v) is 15.3. The van der Waals surface area contributed by atoms with Crippen LogP contribution < -0.4 is 20.7 Å². The van der Waals surface area contributed by atoms with Crippen LogP contribution in [0.25, 0.3) is 0 Å². The van der Waals surface area contributed by atoms with E-state index in [1.165, 1.54) is 12.0 Å². The second kappa shape index (κ2) is 15.9. The van der Waals surface area contributed by atoms with Crippen molar-refractivity contribution in [1.29, 1.82) is 5.41 Å². The van der Waals surface area contributed by atoms with Crippen molar-refractivity contribution in [1.82, 2.24) is 25.8 Å².